The highest BCUT2D eigenvalue weighted by Gasteiger charge is 2.43. The van der Waals surface area contributed by atoms with E-state index in [0.717, 1.165) is 69.2 Å². The third kappa shape index (κ3) is 6.42. The maximum atomic E-state index is 14.2. The summed E-state index contributed by atoms with van der Waals surface area (Å²) in [4.78, 5) is 16.9. The predicted molar refractivity (Wildman–Crippen MR) is 141 cm³/mol. The Hall–Kier alpha value is -2.38. The molecule has 2 aromatic carbocycles. The standard InChI is InChI=1S/C31H39F3N2O2/c32-25-9-3-8-24(18-25)26-19-36(29(31(37)38)17-22-5-2-6-22)20-30(26)35-14-12-21(13-15-35)4-1-7-23-10-11-27(33)28(34)16-23/h3,8-11,16,18,21-22,26,29-30H,1-2,4-7,12-15,17,19-20H2,(H,37,38)/t26-,29?,30?/m1/s1. The Morgan fingerprint density at radius 1 is 0.947 bits per heavy atom. The number of carbonyl (C=O) groups is 1. The lowest BCUT2D eigenvalue weighted by Gasteiger charge is -2.38. The fraction of sp³-hybridized carbons (Fsp3) is 0.581. The van der Waals surface area contributed by atoms with Crippen LogP contribution in [0.25, 0.3) is 0 Å². The molecular weight excluding hydrogens is 489 g/mol. The van der Waals surface area contributed by atoms with Gasteiger partial charge in [0.05, 0.1) is 0 Å². The van der Waals surface area contributed by atoms with Crippen molar-refractivity contribution in [1.29, 1.82) is 0 Å². The molecule has 2 saturated heterocycles. The number of rotatable bonds is 10. The van der Waals surface area contributed by atoms with Crippen LogP contribution in [0.15, 0.2) is 42.5 Å². The quantitative estimate of drug-likeness (QED) is 0.396. The van der Waals surface area contributed by atoms with Crippen LogP contribution in [0, 0.1) is 29.3 Å². The van der Waals surface area contributed by atoms with E-state index in [1.54, 1.807) is 18.2 Å². The molecule has 0 amide bonds. The minimum Gasteiger partial charge on any atom is -0.480 e. The maximum absolute atomic E-state index is 14.2. The van der Waals surface area contributed by atoms with Gasteiger partial charge < -0.3 is 5.11 Å². The zero-order chi connectivity index (χ0) is 26.6. The van der Waals surface area contributed by atoms with E-state index >= 15 is 0 Å². The monoisotopic (exact) mass is 528 g/mol. The number of aliphatic carboxylic acids is 1. The summed E-state index contributed by atoms with van der Waals surface area (Å²) in [7, 11) is 0. The highest BCUT2D eigenvalue weighted by molar-refractivity contribution is 5.73. The number of hydrogen-bond donors (Lipinski definition) is 1. The number of piperidine rings is 1. The average molecular weight is 529 g/mol. The predicted octanol–water partition coefficient (Wildman–Crippen LogP) is 6.25. The van der Waals surface area contributed by atoms with Crippen molar-refractivity contribution < 1.29 is 23.1 Å². The summed E-state index contributed by atoms with van der Waals surface area (Å²) in [6.45, 7) is 3.23. The summed E-state index contributed by atoms with van der Waals surface area (Å²) < 4.78 is 40.9. The molecule has 2 unspecified atom stereocenters. The lowest BCUT2D eigenvalue weighted by molar-refractivity contribution is -0.144. The van der Waals surface area contributed by atoms with Crippen LogP contribution in [-0.2, 0) is 11.2 Å². The van der Waals surface area contributed by atoms with E-state index in [0.29, 0.717) is 31.3 Å². The fourth-order valence-corrected chi connectivity index (χ4v) is 6.82. The molecule has 1 aliphatic carbocycles. The van der Waals surface area contributed by atoms with Crippen molar-refractivity contribution in [2.24, 2.45) is 11.8 Å². The first-order chi connectivity index (χ1) is 18.4. The van der Waals surface area contributed by atoms with Gasteiger partial charge >= 0.3 is 5.97 Å². The Bertz CT molecular complexity index is 1100. The summed E-state index contributed by atoms with van der Waals surface area (Å²) in [6, 6.07) is 10.7. The topological polar surface area (TPSA) is 43.8 Å². The van der Waals surface area contributed by atoms with Gasteiger partial charge in [0.1, 0.15) is 11.9 Å². The van der Waals surface area contributed by atoms with Crippen molar-refractivity contribution in [2.75, 3.05) is 26.2 Å². The summed E-state index contributed by atoms with van der Waals surface area (Å²) in [5, 5.41) is 10.1. The Morgan fingerprint density at radius 2 is 1.74 bits per heavy atom. The van der Waals surface area contributed by atoms with Crippen LogP contribution in [0.1, 0.15) is 68.4 Å². The summed E-state index contributed by atoms with van der Waals surface area (Å²) >= 11 is 0. The second-order valence-electron chi connectivity index (χ2n) is 11.7. The number of hydrogen-bond acceptors (Lipinski definition) is 3. The average Bonchev–Trinajstić information content (AvgIpc) is 3.31. The van der Waals surface area contributed by atoms with Gasteiger partial charge in [-0.1, -0.05) is 43.9 Å². The van der Waals surface area contributed by atoms with Crippen LogP contribution in [0.2, 0.25) is 0 Å². The number of carboxylic acid groups (broad SMARTS) is 1. The highest BCUT2D eigenvalue weighted by atomic mass is 19.2. The molecule has 206 valence electrons. The lowest BCUT2D eigenvalue weighted by atomic mass is 9.80. The number of benzene rings is 2. The van der Waals surface area contributed by atoms with Crippen LogP contribution in [0.4, 0.5) is 13.2 Å². The third-order valence-corrected chi connectivity index (χ3v) is 9.28. The molecule has 3 atom stereocenters. The van der Waals surface area contributed by atoms with Gasteiger partial charge in [-0.25, -0.2) is 13.2 Å². The van der Waals surface area contributed by atoms with Crippen LogP contribution in [0.5, 0.6) is 0 Å². The van der Waals surface area contributed by atoms with Crippen LogP contribution in [-0.4, -0.2) is 59.1 Å². The summed E-state index contributed by atoms with van der Waals surface area (Å²) in [5.74, 6) is -1.40. The Kier molecular flexibility index (Phi) is 8.74. The molecule has 1 saturated carbocycles. The molecule has 2 aliphatic heterocycles. The van der Waals surface area contributed by atoms with Gasteiger partial charge in [0.2, 0.25) is 0 Å². The van der Waals surface area contributed by atoms with E-state index in [9.17, 15) is 23.1 Å². The minimum absolute atomic E-state index is 0.0823. The van der Waals surface area contributed by atoms with Crippen LogP contribution < -0.4 is 0 Å². The SMILES string of the molecule is O=C(O)C(CC1CCC1)N1CC(N2CCC(CCCc3ccc(F)c(F)c3)CC2)[C@@H](c2cccc(F)c2)C1. The van der Waals surface area contributed by atoms with Gasteiger partial charge in [0.15, 0.2) is 11.6 Å². The normalized spacial score (nSPS) is 24.4. The summed E-state index contributed by atoms with van der Waals surface area (Å²) in [6.07, 6.45) is 9.02. The van der Waals surface area contributed by atoms with Gasteiger partial charge in [-0.15, -0.1) is 0 Å². The number of likely N-dealkylation sites (tertiary alicyclic amines) is 2. The molecule has 5 rings (SSSR count). The summed E-state index contributed by atoms with van der Waals surface area (Å²) in [5.41, 5.74) is 1.79. The van der Waals surface area contributed by atoms with E-state index < -0.39 is 23.6 Å². The molecule has 0 radical (unpaired) electrons. The second-order valence-corrected chi connectivity index (χ2v) is 11.7. The number of nitrogens with zero attached hydrogens (tertiary/aromatic N) is 2. The van der Waals surface area contributed by atoms with Gasteiger partial charge in [-0.05, 0) is 92.4 Å². The minimum atomic E-state index is -0.805. The number of carboxylic acids is 1. The fourth-order valence-electron chi connectivity index (χ4n) is 6.82. The first-order valence-electron chi connectivity index (χ1n) is 14.3. The van der Waals surface area contributed by atoms with Gasteiger partial charge in [-0.3, -0.25) is 14.6 Å². The third-order valence-electron chi connectivity index (χ3n) is 9.28. The Morgan fingerprint density at radius 3 is 2.39 bits per heavy atom. The van der Waals surface area contributed by atoms with Crippen molar-refractivity contribution in [1.82, 2.24) is 9.80 Å². The van der Waals surface area contributed by atoms with Crippen LogP contribution in [0.3, 0.4) is 0 Å². The largest absolute Gasteiger partial charge is 0.480 e. The second kappa shape index (κ2) is 12.2. The molecule has 3 fully saturated rings. The molecule has 0 bridgehead atoms. The molecule has 2 aromatic rings. The maximum Gasteiger partial charge on any atom is 0.320 e. The van der Waals surface area contributed by atoms with E-state index in [1.165, 1.54) is 24.6 Å². The van der Waals surface area contributed by atoms with Crippen LogP contribution >= 0.6 is 0 Å². The van der Waals surface area contributed by atoms with E-state index in [4.69, 9.17) is 0 Å². The van der Waals surface area contributed by atoms with Crippen molar-refractivity contribution >= 4 is 5.97 Å². The zero-order valence-corrected chi connectivity index (χ0v) is 22.0. The van der Waals surface area contributed by atoms with Gasteiger partial charge in [0.25, 0.3) is 0 Å². The van der Waals surface area contributed by atoms with E-state index in [2.05, 4.69) is 9.80 Å². The van der Waals surface area contributed by atoms with Crippen molar-refractivity contribution in [2.45, 2.75) is 75.8 Å². The number of aryl methyl sites for hydroxylation is 1. The van der Waals surface area contributed by atoms with E-state index in [1.807, 2.05) is 6.07 Å². The molecular formula is C31H39F3N2O2. The zero-order valence-electron chi connectivity index (χ0n) is 22.0. The molecule has 4 nitrogen and oxygen atoms in total. The molecule has 2 heterocycles. The molecule has 7 heteroatoms. The van der Waals surface area contributed by atoms with Gasteiger partial charge in [-0.2, -0.15) is 0 Å². The lowest BCUT2D eigenvalue weighted by Crippen LogP contribution is -2.47. The molecule has 3 aliphatic rings. The Balaban J connectivity index is 1.20. The first-order valence-corrected chi connectivity index (χ1v) is 14.3. The molecule has 0 aromatic heterocycles. The molecule has 0 spiro atoms. The van der Waals surface area contributed by atoms with Crippen molar-refractivity contribution in [3.8, 4) is 0 Å². The van der Waals surface area contributed by atoms with Gasteiger partial charge in [0, 0.05) is 25.0 Å². The molecule has 38 heavy (non-hydrogen) atoms. The first kappa shape index (κ1) is 27.2. The number of halogens is 3. The Labute approximate surface area is 223 Å². The van der Waals surface area contributed by atoms with Crippen molar-refractivity contribution in [3.63, 3.8) is 0 Å². The smallest absolute Gasteiger partial charge is 0.320 e. The molecule has 1 N–H and O–H groups in total. The van der Waals surface area contributed by atoms with Crippen molar-refractivity contribution in [3.05, 3.63) is 71.0 Å². The highest BCUT2D eigenvalue weighted by Crippen LogP contribution is 2.38. The van der Waals surface area contributed by atoms with E-state index in [-0.39, 0.29) is 17.8 Å².